The van der Waals surface area contributed by atoms with Crippen molar-refractivity contribution >= 4 is 17.4 Å². The van der Waals surface area contributed by atoms with E-state index >= 15 is 0 Å². The van der Waals surface area contributed by atoms with Gasteiger partial charge in [0.05, 0.1) is 11.3 Å². The largest absolute Gasteiger partial charge is 0.481 e. The van der Waals surface area contributed by atoms with Crippen LogP contribution in [0.1, 0.15) is 17.3 Å². The van der Waals surface area contributed by atoms with Crippen molar-refractivity contribution < 1.29 is 18.7 Å². The molecule has 0 saturated carbocycles. The summed E-state index contributed by atoms with van der Waals surface area (Å²) in [4.78, 5) is 22.0. The lowest BCUT2D eigenvalue weighted by molar-refractivity contribution is -0.118. The van der Waals surface area contributed by atoms with E-state index in [2.05, 4.69) is 5.32 Å². The SMILES string of the molecule is CC(=O)c1cc2c(cc1F)OCC(=O)N2. The highest BCUT2D eigenvalue weighted by molar-refractivity contribution is 5.99. The van der Waals surface area contributed by atoms with Gasteiger partial charge in [-0.1, -0.05) is 0 Å². The highest BCUT2D eigenvalue weighted by atomic mass is 19.1. The lowest BCUT2D eigenvalue weighted by Crippen LogP contribution is -2.25. The molecule has 0 spiro atoms. The van der Waals surface area contributed by atoms with Crippen molar-refractivity contribution in [2.45, 2.75) is 6.92 Å². The van der Waals surface area contributed by atoms with Gasteiger partial charge in [0, 0.05) is 6.07 Å². The fourth-order valence-corrected chi connectivity index (χ4v) is 1.37. The number of amides is 1. The van der Waals surface area contributed by atoms with E-state index in [4.69, 9.17) is 4.74 Å². The van der Waals surface area contributed by atoms with Gasteiger partial charge in [-0.2, -0.15) is 0 Å². The van der Waals surface area contributed by atoms with Gasteiger partial charge in [-0.3, -0.25) is 9.59 Å². The number of fused-ring (bicyclic) bond motifs is 1. The molecule has 0 radical (unpaired) electrons. The van der Waals surface area contributed by atoms with Gasteiger partial charge in [0.15, 0.2) is 12.4 Å². The van der Waals surface area contributed by atoms with Crippen molar-refractivity contribution in [2.75, 3.05) is 11.9 Å². The van der Waals surface area contributed by atoms with Crippen LogP contribution in [0, 0.1) is 5.82 Å². The molecule has 1 heterocycles. The molecule has 15 heavy (non-hydrogen) atoms. The molecule has 2 rings (SSSR count). The molecule has 0 unspecified atom stereocenters. The Balaban J connectivity index is 2.51. The van der Waals surface area contributed by atoms with Crippen LogP contribution in [0.5, 0.6) is 5.75 Å². The van der Waals surface area contributed by atoms with E-state index in [1.165, 1.54) is 13.0 Å². The van der Waals surface area contributed by atoms with Crippen LogP contribution in [-0.2, 0) is 4.79 Å². The number of benzene rings is 1. The molecule has 0 fully saturated rings. The van der Waals surface area contributed by atoms with E-state index in [0.29, 0.717) is 5.69 Å². The summed E-state index contributed by atoms with van der Waals surface area (Å²) in [5.41, 5.74) is 0.275. The van der Waals surface area contributed by atoms with Crippen LogP contribution in [0.2, 0.25) is 0 Å². The van der Waals surface area contributed by atoms with Crippen molar-refractivity contribution in [1.82, 2.24) is 0 Å². The van der Waals surface area contributed by atoms with E-state index in [9.17, 15) is 14.0 Å². The lowest BCUT2D eigenvalue weighted by Gasteiger charge is -2.18. The third-order valence-corrected chi connectivity index (χ3v) is 2.08. The molecule has 0 bridgehead atoms. The molecule has 0 saturated heterocycles. The average Bonchev–Trinajstić information content (AvgIpc) is 2.17. The number of halogens is 1. The highest BCUT2D eigenvalue weighted by Gasteiger charge is 2.19. The Morgan fingerprint density at radius 2 is 2.27 bits per heavy atom. The van der Waals surface area contributed by atoms with Gasteiger partial charge in [-0.25, -0.2) is 4.39 Å². The Bertz CT molecular complexity index is 456. The minimum absolute atomic E-state index is 0.0560. The first-order chi connectivity index (χ1) is 7.08. The zero-order chi connectivity index (χ0) is 11.0. The van der Waals surface area contributed by atoms with Crippen LogP contribution >= 0.6 is 0 Å². The molecule has 0 atom stereocenters. The summed E-state index contributed by atoms with van der Waals surface area (Å²) in [6, 6.07) is 2.38. The first-order valence-electron chi connectivity index (χ1n) is 4.35. The van der Waals surface area contributed by atoms with Gasteiger partial charge in [0.25, 0.3) is 5.91 Å². The van der Waals surface area contributed by atoms with Gasteiger partial charge >= 0.3 is 0 Å². The van der Waals surface area contributed by atoms with Gasteiger partial charge in [0.2, 0.25) is 0 Å². The maximum Gasteiger partial charge on any atom is 0.262 e. The Labute approximate surface area is 85.0 Å². The number of Topliss-reactive ketones (excluding diaryl/α,β-unsaturated/α-hetero) is 1. The number of ether oxygens (including phenoxy) is 1. The average molecular weight is 209 g/mol. The molecule has 1 N–H and O–H groups in total. The van der Waals surface area contributed by atoms with E-state index in [1.807, 2.05) is 0 Å². The van der Waals surface area contributed by atoms with Gasteiger partial charge < -0.3 is 10.1 Å². The minimum Gasteiger partial charge on any atom is -0.481 e. The summed E-state index contributed by atoms with van der Waals surface area (Å²) in [7, 11) is 0. The molecular weight excluding hydrogens is 201 g/mol. The normalized spacial score (nSPS) is 13.9. The first-order valence-corrected chi connectivity index (χ1v) is 4.35. The van der Waals surface area contributed by atoms with Crippen LogP contribution in [0.3, 0.4) is 0 Å². The number of anilines is 1. The Morgan fingerprint density at radius 1 is 1.53 bits per heavy atom. The summed E-state index contributed by atoms with van der Waals surface area (Å²) < 4.78 is 18.3. The lowest BCUT2D eigenvalue weighted by atomic mass is 10.1. The monoisotopic (exact) mass is 209 g/mol. The third-order valence-electron chi connectivity index (χ3n) is 2.08. The highest BCUT2D eigenvalue weighted by Crippen LogP contribution is 2.30. The molecule has 0 aromatic heterocycles. The van der Waals surface area contributed by atoms with Crippen LogP contribution in [0.25, 0.3) is 0 Å². The standard InChI is InChI=1S/C10H8FNO3/c1-5(13)6-2-8-9(3-7(6)11)15-4-10(14)12-8/h2-3H,4H2,1H3,(H,12,14). The fraction of sp³-hybridized carbons (Fsp3) is 0.200. The molecule has 1 amide bonds. The number of carbonyl (C=O) groups is 2. The molecule has 1 aromatic carbocycles. The molecule has 1 aliphatic rings. The van der Waals surface area contributed by atoms with E-state index in [0.717, 1.165) is 6.07 Å². The number of carbonyl (C=O) groups excluding carboxylic acids is 2. The summed E-state index contributed by atoms with van der Waals surface area (Å²) in [6.07, 6.45) is 0. The predicted octanol–water partition coefficient (Wildman–Crippen LogP) is 1.36. The molecule has 1 aliphatic heterocycles. The molecular formula is C10H8FNO3. The number of nitrogens with one attached hydrogen (secondary N) is 1. The van der Waals surface area contributed by atoms with Crippen molar-refractivity contribution in [2.24, 2.45) is 0 Å². The molecule has 78 valence electrons. The zero-order valence-corrected chi connectivity index (χ0v) is 7.96. The molecule has 0 aliphatic carbocycles. The summed E-state index contributed by atoms with van der Waals surface area (Å²) in [5.74, 6) is -1.10. The predicted molar refractivity (Wildman–Crippen MR) is 50.5 cm³/mol. The molecule has 5 heteroatoms. The van der Waals surface area contributed by atoms with Crippen LogP contribution < -0.4 is 10.1 Å². The zero-order valence-electron chi connectivity index (χ0n) is 7.96. The quantitative estimate of drug-likeness (QED) is 0.710. The Hall–Kier alpha value is -1.91. The Kier molecular flexibility index (Phi) is 2.15. The maximum absolute atomic E-state index is 13.3. The van der Waals surface area contributed by atoms with E-state index < -0.39 is 11.6 Å². The van der Waals surface area contributed by atoms with Crippen molar-refractivity contribution in [3.63, 3.8) is 0 Å². The van der Waals surface area contributed by atoms with Crippen LogP contribution in [0.4, 0.5) is 10.1 Å². The number of rotatable bonds is 1. The summed E-state index contributed by atoms with van der Waals surface area (Å²) in [6.45, 7) is 1.13. The summed E-state index contributed by atoms with van der Waals surface area (Å²) >= 11 is 0. The third kappa shape index (κ3) is 1.68. The second-order valence-corrected chi connectivity index (χ2v) is 3.22. The Morgan fingerprint density at radius 3 is 2.93 bits per heavy atom. The second kappa shape index (κ2) is 3.34. The second-order valence-electron chi connectivity index (χ2n) is 3.22. The van der Waals surface area contributed by atoms with Crippen molar-refractivity contribution in [3.8, 4) is 5.75 Å². The fourth-order valence-electron chi connectivity index (χ4n) is 1.37. The summed E-state index contributed by atoms with van der Waals surface area (Å²) in [5, 5.41) is 2.50. The van der Waals surface area contributed by atoms with Gasteiger partial charge in [-0.15, -0.1) is 0 Å². The first kappa shape index (κ1) is 9.64. The van der Waals surface area contributed by atoms with Gasteiger partial charge in [-0.05, 0) is 13.0 Å². The maximum atomic E-state index is 13.3. The van der Waals surface area contributed by atoms with Crippen molar-refractivity contribution in [1.29, 1.82) is 0 Å². The van der Waals surface area contributed by atoms with E-state index in [1.54, 1.807) is 0 Å². The topological polar surface area (TPSA) is 55.4 Å². The smallest absolute Gasteiger partial charge is 0.262 e. The van der Waals surface area contributed by atoms with Crippen LogP contribution in [-0.4, -0.2) is 18.3 Å². The molecule has 1 aromatic rings. The van der Waals surface area contributed by atoms with Crippen LogP contribution in [0.15, 0.2) is 12.1 Å². The number of hydrogen-bond donors (Lipinski definition) is 1. The van der Waals surface area contributed by atoms with Gasteiger partial charge in [0.1, 0.15) is 11.6 Å². The number of hydrogen-bond acceptors (Lipinski definition) is 3. The minimum atomic E-state index is -0.641. The number of ketones is 1. The molecule has 4 nitrogen and oxygen atoms in total. The van der Waals surface area contributed by atoms with Crippen molar-refractivity contribution in [3.05, 3.63) is 23.5 Å². The van der Waals surface area contributed by atoms with E-state index in [-0.39, 0.29) is 23.8 Å².